The molecule has 0 saturated carbocycles. The van der Waals surface area contributed by atoms with Crippen molar-refractivity contribution in [3.8, 4) is 0 Å². The zero-order chi connectivity index (χ0) is 15.6. The molecule has 0 aromatic heterocycles. The molecule has 2 rings (SSSR count). The third-order valence-corrected chi connectivity index (χ3v) is 5.94. The maximum absolute atomic E-state index is 6.18. The van der Waals surface area contributed by atoms with E-state index in [4.69, 9.17) is 11.5 Å². The first-order valence-corrected chi connectivity index (χ1v) is 10.1. The fourth-order valence-corrected chi connectivity index (χ4v) is 4.63. The summed E-state index contributed by atoms with van der Waals surface area (Å²) in [5, 5.41) is 0. The lowest BCUT2D eigenvalue weighted by Gasteiger charge is -2.13. The highest BCUT2D eigenvalue weighted by molar-refractivity contribution is 8.76. The van der Waals surface area contributed by atoms with Crippen molar-refractivity contribution in [3.63, 3.8) is 0 Å². The molecule has 0 saturated heterocycles. The van der Waals surface area contributed by atoms with Crippen molar-refractivity contribution in [3.05, 3.63) is 71.8 Å². The van der Waals surface area contributed by atoms with Gasteiger partial charge in [-0.2, -0.15) is 0 Å². The number of halogens is 1. The lowest BCUT2D eigenvalue weighted by Crippen LogP contribution is -2.26. The number of benzene rings is 2. The molecule has 4 N–H and O–H groups in total. The molecule has 2 aromatic carbocycles. The second kappa shape index (κ2) is 11.8. The molecule has 0 fully saturated rings. The van der Waals surface area contributed by atoms with E-state index in [0.717, 1.165) is 24.3 Å². The molecule has 0 aliphatic rings. The van der Waals surface area contributed by atoms with E-state index in [-0.39, 0.29) is 24.5 Å². The predicted octanol–water partition coefficient (Wildman–Crippen LogP) is 3.93. The molecule has 0 bridgehead atoms. The summed E-state index contributed by atoms with van der Waals surface area (Å²) in [6.45, 7) is 0. The van der Waals surface area contributed by atoms with E-state index < -0.39 is 0 Å². The standard InChI is InChI=1S/C18H24N2S2.ClH/c19-17(11-15-7-3-1-4-8-15)13-21-22-14-18(20)12-16-9-5-2-6-10-16;/h1-10,17-18H,11-14,19-20H2;1H. The molecule has 0 aliphatic heterocycles. The Kier molecular flexibility index (Phi) is 10.5. The van der Waals surface area contributed by atoms with Gasteiger partial charge in [0.1, 0.15) is 0 Å². The molecule has 2 atom stereocenters. The van der Waals surface area contributed by atoms with Crippen molar-refractivity contribution >= 4 is 34.0 Å². The first-order chi connectivity index (χ1) is 10.7. The molecule has 5 heteroatoms. The Morgan fingerprint density at radius 2 is 1.00 bits per heavy atom. The summed E-state index contributed by atoms with van der Waals surface area (Å²) in [7, 11) is 3.66. The zero-order valence-electron chi connectivity index (χ0n) is 13.1. The van der Waals surface area contributed by atoms with Crippen molar-refractivity contribution in [2.24, 2.45) is 11.5 Å². The summed E-state index contributed by atoms with van der Waals surface area (Å²) in [5.41, 5.74) is 15.0. The minimum Gasteiger partial charge on any atom is -0.327 e. The molecule has 0 amide bonds. The summed E-state index contributed by atoms with van der Waals surface area (Å²) < 4.78 is 0. The highest BCUT2D eigenvalue weighted by atomic mass is 35.5. The van der Waals surface area contributed by atoms with E-state index in [1.54, 1.807) is 0 Å². The highest BCUT2D eigenvalue weighted by Crippen LogP contribution is 2.23. The van der Waals surface area contributed by atoms with Gasteiger partial charge in [0.25, 0.3) is 0 Å². The Balaban J connectivity index is 0.00000264. The summed E-state index contributed by atoms with van der Waals surface area (Å²) in [6, 6.07) is 21.2. The molecule has 2 unspecified atom stereocenters. The Bertz CT molecular complexity index is 476. The second-order valence-corrected chi connectivity index (χ2v) is 8.02. The van der Waals surface area contributed by atoms with Crippen molar-refractivity contribution in [2.75, 3.05) is 11.5 Å². The second-order valence-electron chi connectivity index (χ2n) is 5.47. The van der Waals surface area contributed by atoms with E-state index in [0.29, 0.717) is 0 Å². The lowest BCUT2D eigenvalue weighted by atomic mass is 10.1. The molecule has 0 radical (unpaired) electrons. The summed E-state index contributed by atoms with van der Waals surface area (Å²) in [5.74, 6) is 1.91. The molecule has 23 heavy (non-hydrogen) atoms. The molecular formula is C18H25ClN2S2. The Hall–Kier alpha value is -0.650. The molecule has 0 heterocycles. The minimum absolute atomic E-state index is 0. The van der Waals surface area contributed by atoms with Crippen molar-refractivity contribution < 1.29 is 0 Å². The van der Waals surface area contributed by atoms with Gasteiger partial charge in [-0.15, -0.1) is 12.4 Å². The Morgan fingerprint density at radius 3 is 1.35 bits per heavy atom. The SMILES string of the molecule is Cl.NC(CSSCC(N)Cc1ccccc1)Cc1ccccc1. The average Bonchev–Trinajstić information content (AvgIpc) is 2.53. The molecule has 2 nitrogen and oxygen atoms in total. The largest absolute Gasteiger partial charge is 0.327 e. The minimum atomic E-state index is 0. The monoisotopic (exact) mass is 368 g/mol. The van der Waals surface area contributed by atoms with Crippen LogP contribution < -0.4 is 11.5 Å². The van der Waals surface area contributed by atoms with Crippen LogP contribution in [0.15, 0.2) is 60.7 Å². The van der Waals surface area contributed by atoms with Crippen LogP contribution in [0.5, 0.6) is 0 Å². The van der Waals surface area contributed by atoms with Crippen LogP contribution in [0.1, 0.15) is 11.1 Å². The fourth-order valence-electron chi connectivity index (χ4n) is 2.22. The fraction of sp³-hybridized carbons (Fsp3) is 0.333. The smallest absolute Gasteiger partial charge is 0.0192 e. The molecule has 2 aromatic rings. The first kappa shape index (κ1) is 20.4. The first-order valence-electron chi connectivity index (χ1n) is 7.57. The van der Waals surface area contributed by atoms with Gasteiger partial charge in [0, 0.05) is 23.6 Å². The van der Waals surface area contributed by atoms with E-state index in [9.17, 15) is 0 Å². The van der Waals surface area contributed by atoms with Crippen LogP contribution in [0.2, 0.25) is 0 Å². The van der Waals surface area contributed by atoms with Crippen LogP contribution in [0.3, 0.4) is 0 Å². The maximum Gasteiger partial charge on any atom is 0.0192 e. The van der Waals surface area contributed by atoms with Crippen LogP contribution in [-0.2, 0) is 12.8 Å². The van der Waals surface area contributed by atoms with Crippen molar-refractivity contribution in [1.82, 2.24) is 0 Å². The van der Waals surface area contributed by atoms with Crippen LogP contribution >= 0.6 is 34.0 Å². The third kappa shape index (κ3) is 8.68. The summed E-state index contributed by atoms with van der Waals surface area (Å²) in [4.78, 5) is 0. The number of hydrogen-bond acceptors (Lipinski definition) is 4. The summed E-state index contributed by atoms with van der Waals surface area (Å²) >= 11 is 0. The molecule has 0 aliphatic carbocycles. The van der Waals surface area contributed by atoms with Crippen LogP contribution in [0.25, 0.3) is 0 Å². The maximum atomic E-state index is 6.18. The van der Waals surface area contributed by atoms with Gasteiger partial charge in [-0.25, -0.2) is 0 Å². The lowest BCUT2D eigenvalue weighted by molar-refractivity contribution is 0.747. The van der Waals surface area contributed by atoms with Crippen LogP contribution in [0.4, 0.5) is 0 Å². The average molecular weight is 369 g/mol. The van der Waals surface area contributed by atoms with E-state index in [1.165, 1.54) is 11.1 Å². The molecular weight excluding hydrogens is 344 g/mol. The van der Waals surface area contributed by atoms with Gasteiger partial charge in [0.2, 0.25) is 0 Å². The number of hydrogen-bond donors (Lipinski definition) is 2. The van der Waals surface area contributed by atoms with E-state index in [1.807, 2.05) is 33.7 Å². The third-order valence-electron chi connectivity index (χ3n) is 3.33. The Labute approximate surface area is 153 Å². The van der Waals surface area contributed by atoms with Crippen molar-refractivity contribution in [1.29, 1.82) is 0 Å². The number of nitrogens with two attached hydrogens (primary N) is 2. The summed E-state index contributed by atoms with van der Waals surface area (Å²) in [6.07, 6.45) is 1.87. The van der Waals surface area contributed by atoms with Gasteiger partial charge in [-0.3, -0.25) is 0 Å². The number of rotatable bonds is 9. The Morgan fingerprint density at radius 1 is 0.652 bits per heavy atom. The van der Waals surface area contributed by atoms with Gasteiger partial charge in [0.05, 0.1) is 0 Å². The zero-order valence-corrected chi connectivity index (χ0v) is 15.6. The highest BCUT2D eigenvalue weighted by Gasteiger charge is 2.07. The molecule has 126 valence electrons. The predicted molar refractivity (Wildman–Crippen MR) is 108 cm³/mol. The van der Waals surface area contributed by atoms with Gasteiger partial charge < -0.3 is 11.5 Å². The van der Waals surface area contributed by atoms with Gasteiger partial charge in [0.15, 0.2) is 0 Å². The van der Waals surface area contributed by atoms with Crippen LogP contribution in [-0.4, -0.2) is 23.6 Å². The quantitative estimate of drug-likeness (QED) is 0.520. The topological polar surface area (TPSA) is 52.0 Å². The molecule has 0 spiro atoms. The van der Waals surface area contributed by atoms with E-state index >= 15 is 0 Å². The van der Waals surface area contributed by atoms with Gasteiger partial charge in [-0.1, -0.05) is 82.3 Å². The van der Waals surface area contributed by atoms with Gasteiger partial charge in [-0.05, 0) is 24.0 Å². The van der Waals surface area contributed by atoms with E-state index in [2.05, 4.69) is 48.5 Å². The normalized spacial score (nSPS) is 13.1. The van der Waals surface area contributed by atoms with Gasteiger partial charge >= 0.3 is 0 Å². The van der Waals surface area contributed by atoms with Crippen molar-refractivity contribution in [2.45, 2.75) is 24.9 Å². The van der Waals surface area contributed by atoms with Crippen LogP contribution in [0, 0.1) is 0 Å².